The summed E-state index contributed by atoms with van der Waals surface area (Å²) in [5.41, 5.74) is 14.0. The number of hydrogen-bond donors (Lipinski definition) is 7. The minimum Gasteiger partial charge on any atom is -0.387 e. The number of H-pyrrole nitrogens is 1. The third-order valence-corrected chi connectivity index (χ3v) is 8.87. The number of carbonyl (C=O) groups excluding carboxylic acids is 1. The first-order valence-electron chi connectivity index (χ1n) is 14.1. The van der Waals surface area contributed by atoms with Gasteiger partial charge in [0.05, 0.1) is 18.0 Å². The molecule has 44 heavy (non-hydrogen) atoms. The number of nitrogens with two attached hydrogens (primary N) is 2. The number of aliphatic imine (C=N–C) groups is 1. The van der Waals surface area contributed by atoms with Gasteiger partial charge < -0.3 is 31.7 Å². The highest BCUT2D eigenvalue weighted by molar-refractivity contribution is 7.99. The van der Waals surface area contributed by atoms with Gasteiger partial charge in [-0.3, -0.25) is 29.5 Å². The molecule has 0 aromatic carbocycles. The van der Waals surface area contributed by atoms with Crippen LogP contribution in [0.4, 0.5) is 23.3 Å². The van der Waals surface area contributed by atoms with E-state index in [1.54, 1.807) is 30.2 Å². The van der Waals surface area contributed by atoms with Gasteiger partial charge in [0, 0.05) is 44.2 Å². The van der Waals surface area contributed by atoms with Crippen molar-refractivity contribution >= 4 is 57.8 Å². The van der Waals surface area contributed by atoms with Gasteiger partial charge in [-0.15, -0.1) is 0 Å². The fraction of sp³-hybridized carbons (Fsp3) is 0.560. The molecule has 0 bridgehead atoms. The number of amides is 1. The average molecular weight is 630 g/mol. The lowest BCUT2D eigenvalue weighted by Gasteiger charge is -2.36. The van der Waals surface area contributed by atoms with Gasteiger partial charge in [0.2, 0.25) is 5.95 Å². The van der Waals surface area contributed by atoms with Crippen molar-refractivity contribution < 1.29 is 19.7 Å². The second kappa shape index (κ2) is 11.9. The molecule has 0 saturated carbocycles. The highest BCUT2D eigenvalue weighted by Gasteiger charge is 2.44. The third kappa shape index (κ3) is 5.81. The Morgan fingerprint density at radius 2 is 1.95 bits per heavy atom. The molecule has 18 nitrogen and oxygen atoms in total. The summed E-state index contributed by atoms with van der Waals surface area (Å²) in [6.45, 7) is 7.07. The van der Waals surface area contributed by atoms with Gasteiger partial charge in [-0.25, -0.2) is 25.0 Å². The van der Waals surface area contributed by atoms with Crippen LogP contribution in [0.2, 0.25) is 0 Å². The van der Waals surface area contributed by atoms with Gasteiger partial charge in [-0.05, 0) is 13.8 Å². The molecule has 236 valence electrons. The Balaban J connectivity index is 0.955. The zero-order chi connectivity index (χ0) is 31.2. The van der Waals surface area contributed by atoms with E-state index in [0.717, 1.165) is 25.4 Å². The maximum Gasteiger partial charge on any atom is 0.282 e. The number of rotatable bonds is 8. The summed E-state index contributed by atoms with van der Waals surface area (Å²) in [4.78, 5) is 50.9. The molecule has 6 rings (SSSR count). The Kier molecular flexibility index (Phi) is 8.16. The first-order valence-corrected chi connectivity index (χ1v) is 15.2. The summed E-state index contributed by atoms with van der Waals surface area (Å²) >= 11 is 1.63. The second-order valence-corrected chi connectivity index (χ2v) is 12.5. The Labute approximate surface area is 255 Å². The van der Waals surface area contributed by atoms with E-state index in [0.29, 0.717) is 30.0 Å². The number of aliphatic hydroxyl groups excluding tert-OH is 2. The van der Waals surface area contributed by atoms with Crippen molar-refractivity contribution in [1.29, 1.82) is 0 Å². The molecule has 1 amide bonds. The predicted molar refractivity (Wildman–Crippen MR) is 163 cm³/mol. The fourth-order valence-electron chi connectivity index (χ4n) is 5.44. The topological polar surface area (TPSA) is 251 Å². The van der Waals surface area contributed by atoms with E-state index >= 15 is 0 Å². The summed E-state index contributed by atoms with van der Waals surface area (Å²) in [5, 5.41) is 26.2. The van der Waals surface area contributed by atoms with E-state index in [2.05, 4.69) is 45.6 Å². The lowest BCUT2D eigenvalue weighted by atomic mass is 9.95. The largest absolute Gasteiger partial charge is 0.387 e. The molecule has 19 heteroatoms. The number of hydrazine groups is 1. The molecular weight excluding hydrogens is 594 g/mol. The van der Waals surface area contributed by atoms with Crippen molar-refractivity contribution in [1.82, 2.24) is 44.8 Å². The number of aromatic nitrogens is 6. The minimum atomic E-state index is -1.15. The van der Waals surface area contributed by atoms with Crippen LogP contribution in [0.15, 0.2) is 22.4 Å². The van der Waals surface area contributed by atoms with E-state index in [1.165, 1.54) is 12.7 Å². The lowest BCUT2D eigenvalue weighted by Crippen LogP contribution is -2.58. The molecule has 9 N–H and O–H groups in total. The molecule has 0 spiro atoms. The number of aromatic amines is 1. The molecule has 2 fully saturated rings. The molecule has 3 aromatic heterocycles. The first-order chi connectivity index (χ1) is 21.0. The Morgan fingerprint density at radius 1 is 1.18 bits per heavy atom. The standard InChI is InChI=1S/C25H35N13O5S/c1-25(2)17(31-14-19(34-25)32-24(27)33-21(14)41)22(42)35-37-5-3-36(4-6-37)7-8-44-9-12-15(39)16(40)23(43-12)38-11-30-13-18(26)28-10-29-20(13)38/h10-12,15-16,23,39-40H,3-9H2,1-2H3,(H,35,42)(H2,26,28,29)(H4,27,32,33,34,41)/t12-,15?,16?,23-/m1/s1. The van der Waals surface area contributed by atoms with Crippen LogP contribution in [0.25, 0.3) is 11.2 Å². The number of hydrogen-bond acceptors (Lipinski definition) is 16. The van der Waals surface area contributed by atoms with Crippen molar-refractivity contribution in [2.45, 2.75) is 43.9 Å². The smallest absolute Gasteiger partial charge is 0.282 e. The van der Waals surface area contributed by atoms with Crippen molar-refractivity contribution in [3.8, 4) is 0 Å². The quantitative estimate of drug-likeness (QED) is 0.134. The fourth-order valence-corrected chi connectivity index (χ4v) is 6.50. The maximum absolute atomic E-state index is 13.2. The van der Waals surface area contributed by atoms with E-state index < -0.39 is 41.5 Å². The van der Waals surface area contributed by atoms with E-state index in [9.17, 15) is 19.8 Å². The second-order valence-electron chi connectivity index (χ2n) is 11.3. The highest BCUT2D eigenvalue weighted by Crippen LogP contribution is 2.33. The van der Waals surface area contributed by atoms with Crippen molar-refractivity contribution in [2.24, 2.45) is 4.99 Å². The van der Waals surface area contributed by atoms with Gasteiger partial charge in [-0.2, -0.15) is 16.7 Å². The number of fused-ring (bicyclic) bond motifs is 2. The van der Waals surface area contributed by atoms with Crippen molar-refractivity contribution in [2.75, 3.05) is 61.0 Å². The van der Waals surface area contributed by atoms with Gasteiger partial charge in [0.15, 0.2) is 29.2 Å². The SMILES string of the molecule is CC1(C)Nc2nc(N)[nH]c(=O)c2N=C1C(=O)NN1CCN(CCSC[C@H]2O[C@@H](n3cnc4c(N)ncnc43)C(O)C2O)CC1. The van der Waals surface area contributed by atoms with Gasteiger partial charge in [0.25, 0.3) is 11.5 Å². The summed E-state index contributed by atoms with van der Waals surface area (Å²) < 4.78 is 7.58. The summed E-state index contributed by atoms with van der Waals surface area (Å²) in [6, 6.07) is 0. The van der Waals surface area contributed by atoms with Crippen LogP contribution in [0.3, 0.4) is 0 Å². The number of piperazine rings is 1. The maximum atomic E-state index is 13.2. The first kappa shape index (κ1) is 30.2. The van der Waals surface area contributed by atoms with Crippen LogP contribution in [-0.4, -0.2) is 129 Å². The molecule has 4 atom stereocenters. The number of aliphatic hydroxyl groups is 2. The summed E-state index contributed by atoms with van der Waals surface area (Å²) in [5.74, 6) is 1.31. The van der Waals surface area contributed by atoms with Gasteiger partial charge in [-0.1, -0.05) is 0 Å². The highest BCUT2D eigenvalue weighted by atomic mass is 32.2. The van der Waals surface area contributed by atoms with Crippen LogP contribution >= 0.6 is 11.8 Å². The molecular formula is C25H35N13O5S. The average Bonchev–Trinajstić information content (AvgIpc) is 3.52. The molecule has 2 unspecified atom stereocenters. The molecule has 0 aliphatic carbocycles. The number of nitrogens with zero attached hydrogens (tertiary/aromatic N) is 8. The van der Waals surface area contributed by atoms with Crippen LogP contribution < -0.4 is 27.8 Å². The van der Waals surface area contributed by atoms with Crippen LogP contribution in [0.1, 0.15) is 20.1 Å². The van der Waals surface area contributed by atoms with Crippen LogP contribution in [0, 0.1) is 0 Å². The van der Waals surface area contributed by atoms with Gasteiger partial charge >= 0.3 is 0 Å². The summed E-state index contributed by atoms with van der Waals surface area (Å²) in [6.07, 6.45) is -0.833. The van der Waals surface area contributed by atoms with Crippen molar-refractivity contribution in [3.63, 3.8) is 0 Å². The molecule has 0 radical (unpaired) electrons. The number of ether oxygens (including phenoxy) is 1. The number of nitrogens with one attached hydrogen (secondary N) is 3. The Morgan fingerprint density at radius 3 is 2.73 bits per heavy atom. The zero-order valence-corrected chi connectivity index (χ0v) is 25.0. The van der Waals surface area contributed by atoms with E-state index in [4.69, 9.17) is 16.2 Å². The molecule has 6 heterocycles. The summed E-state index contributed by atoms with van der Waals surface area (Å²) in [7, 11) is 0. The minimum absolute atomic E-state index is 0.0153. The molecule has 2 saturated heterocycles. The van der Waals surface area contributed by atoms with Gasteiger partial charge in [0.1, 0.15) is 29.8 Å². The number of anilines is 3. The monoisotopic (exact) mass is 629 g/mol. The van der Waals surface area contributed by atoms with E-state index in [-0.39, 0.29) is 29.0 Å². The number of carbonyl (C=O) groups is 1. The number of thioether (sulfide) groups is 1. The lowest BCUT2D eigenvalue weighted by molar-refractivity contribution is -0.120. The predicted octanol–water partition coefficient (Wildman–Crippen LogP) is -1.95. The van der Waals surface area contributed by atoms with Crippen LogP contribution in [-0.2, 0) is 9.53 Å². The number of imidazole rings is 1. The Bertz CT molecular complexity index is 1640. The third-order valence-electron chi connectivity index (χ3n) is 7.84. The van der Waals surface area contributed by atoms with E-state index in [1.807, 2.05) is 5.01 Å². The molecule has 3 aromatic rings. The van der Waals surface area contributed by atoms with Crippen molar-refractivity contribution in [3.05, 3.63) is 23.0 Å². The zero-order valence-electron chi connectivity index (χ0n) is 24.2. The molecule has 3 aliphatic heterocycles. The molecule has 3 aliphatic rings. The number of nitrogen functional groups attached to an aromatic ring is 2. The normalized spacial score (nSPS) is 25.4. The van der Waals surface area contributed by atoms with Crippen LogP contribution in [0.5, 0.6) is 0 Å². The Hall–Kier alpha value is -3.88.